The normalized spacial score (nSPS) is 12.6. The van der Waals surface area contributed by atoms with Gasteiger partial charge >= 0.3 is 6.18 Å². The van der Waals surface area contributed by atoms with Crippen LogP contribution >= 0.6 is 0 Å². The minimum atomic E-state index is -4.53. The lowest BCUT2D eigenvalue weighted by Crippen LogP contribution is -2.10. The smallest absolute Gasteiger partial charge is 0.420 e. The Hall–Kier alpha value is -1.96. The molecule has 0 N–H and O–H groups in total. The molecule has 1 aromatic rings. The van der Waals surface area contributed by atoms with Crippen molar-refractivity contribution >= 4 is 0 Å². The van der Waals surface area contributed by atoms with Crippen LogP contribution in [-0.4, -0.2) is 6.61 Å². The van der Waals surface area contributed by atoms with Crippen LogP contribution in [-0.2, 0) is 6.18 Å². The average molecular weight is 311 g/mol. The van der Waals surface area contributed by atoms with Gasteiger partial charge in [0.2, 0.25) is 0 Å². The van der Waals surface area contributed by atoms with Crippen LogP contribution in [0.1, 0.15) is 51.2 Å². The van der Waals surface area contributed by atoms with Gasteiger partial charge in [0.1, 0.15) is 5.75 Å². The zero-order valence-electron chi connectivity index (χ0n) is 13.0. The van der Waals surface area contributed by atoms with E-state index in [0.29, 0.717) is 6.42 Å². The van der Waals surface area contributed by atoms with E-state index in [1.54, 1.807) is 6.07 Å². The van der Waals surface area contributed by atoms with Gasteiger partial charge in [0.15, 0.2) is 0 Å². The van der Waals surface area contributed by atoms with E-state index in [0.717, 1.165) is 18.9 Å². The number of halogens is 3. The van der Waals surface area contributed by atoms with Crippen molar-refractivity contribution in [3.8, 4) is 11.8 Å². The molecule has 0 aliphatic carbocycles. The number of alkyl halides is 3. The molecule has 0 bridgehead atoms. The van der Waals surface area contributed by atoms with Crippen LogP contribution in [0.2, 0.25) is 0 Å². The van der Waals surface area contributed by atoms with Gasteiger partial charge < -0.3 is 4.74 Å². The molecule has 0 atom stereocenters. The van der Waals surface area contributed by atoms with Crippen molar-refractivity contribution in [2.75, 3.05) is 6.61 Å². The molecule has 0 fully saturated rings. The van der Waals surface area contributed by atoms with E-state index >= 15 is 0 Å². The van der Waals surface area contributed by atoms with Crippen molar-refractivity contribution in [2.45, 2.75) is 46.2 Å². The van der Waals surface area contributed by atoms with Crippen LogP contribution in [0.3, 0.4) is 0 Å². The quantitative estimate of drug-likeness (QED) is 0.514. The molecule has 0 radical (unpaired) electrons. The first-order valence-electron chi connectivity index (χ1n) is 7.19. The maximum absolute atomic E-state index is 13.0. The average Bonchev–Trinajstić information content (AvgIpc) is 2.49. The van der Waals surface area contributed by atoms with Crippen LogP contribution in [0.25, 0.3) is 0 Å². The predicted octanol–water partition coefficient (Wildman–Crippen LogP) is 5.48. The highest BCUT2D eigenvalue weighted by Gasteiger charge is 2.34. The molecule has 2 nitrogen and oxygen atoms in total. The molecule has 0 saturated carbocycles. The summed E-state index contributed by atoms with van der Waals surface area (Å²) < 4.78 is 44.1. The third kappa shape index (κ3) is 5.10. The molecule has 0 saturated heterocycles. The van der Waals surface area contributed by atoms with Gasteiger partial charge in [-0.15, -0.1) is 0 Å². The molecule has 0 aliphatic heterocycles. The molecule has 0 aliphatic rings. The molecule has 1 rings (SSSR count). The topological polar surface area (TPSA) is 33.0 Å². The monoisotopic (exact) mass is 311 g/mol. The van der Waals surface area contributed by atoms with Crippen molar-refractivity contribution in [1.82, 2.24) is 0 Å². The number of rotatable bonds is 6. The summed E-state index contributed by atoms with van der Waals surface area (Å²) in [6, 6.07) is 5.07. The lowest BCUT2D eigenvalue weighted by Gasteiger charge is -2.14. The van der Waals surface area contributed by atoms with Crippen molar-refractivity contribution in [1.29, 1.82) is 5.26 Å². The summed E-state index contributed by atoms with van der Waals surface area (Å²) in [6.45, 7) is 6.37. The zero-order valence-corrected chi connectivity index (χ0v) is 13.0. The van der Waals surface area contributed by atoms with Gasteiger partial charge in [0, 0.05) is 0 Å². The van der Waals surface area contributed by atoms with Crippen molar-refractivity contribution in [3.05, 3.63) is 40.5 Å². The van der Waals surface area contributed by atoms with Crippen LogP contribution < -0.4 is 4.74 Å². The summed E-state index contributed by atoms with van der Waals surface area (Å²) in [4.78, 5) is 0. The molecule has 0 aromatic heterocycles. The van der Waals surface area contributed by atoms with Gasteiger partial charge in [-0.25, -0.2) is 0 Å². The highest BCUT2D eigenvalue weighted by atomic mass is 19.4. The fourth-order valence-corrected chi connectivity index (χ4v) is 1.98. The summed E-state index contributed by atoms with van der Waals surface area (Å²) in [6.07, 6.45) is -2.10. The van der Waals surface area contributed by atoms with Crippen LogP contribution in [0, 0.1) is 11.3 Å². The first-order valence-corrected chi connectivity index (χ1v) is 7.19. The number of hydrogen-bond donors (Lipinski definition) is 0. The third-order valence-corrected chi connectivity index (χ3v) is 3.63. The van der Waals surface area contributed by atoms with Crippen LogP contribution in [0.5, 0.6) is 5.75 Å². The maximum Gasteiger partial charge on any atom is 0.420 e. The van der Waals surface area contributed by atoms with Gasteiger partial charge in [-0.2, -0.15) is 18.4 Å². The van der Waals surface area contributed by atoms with Crippen molar-refractivity contribution < 1.29 is 17.9 Å². The van der Waals surface area contributed by atoms with Gasteiger partial charge in [0.25, 0.3) is 0 Å². The molecular formula is C17H20F3NO. The molecule has 120 valence electrons. The van der Waals surface area contributed by atoms with E-state index in [4.69, 9.17) is 10.00 Å². The number of benzene rings is 1. The molecule has 22 heavy (non-hydrogen) atoms. The van der Waals surface area contributed by atoms with E-state index in [9.17, 15) is 13.2 Å². The van der Waals surface area contributed by atoms with Crippen molar-refractivity contribution in [2.24, 2.45) is 0 Å². The van der Waals surface area contributed by atoms with E-state index < -0.39 is 11.7 Å². The van der Waals surface area contributed by atoms with Crippen molar-refractivity contribution in [3.63, 3.8) is 0 Å². The lowest BCUT2D eigenvalue weighted by molar-refractivity contribution is -0.139. The SMILES string of the molecule is CCC(C)=C(C)CCCOc1ccc(C#N)cc1C(F)(F)F. The number of ether oxygens (including phenoxy) is 1. The van der Waals surface area contributed by atoms with Gasteiger partial charge in [-0.05, 0) is 51.3 Å². The third-order valence-electron chi connectivity index (χ3n) is 3.63. The lowest BCUT2D eigenvalue weighted by atomic mass is 10.0. The second-order valence-corrected chi connectivity index (χ2v) is 5.19. The minimum Gasteiger partial charge on any atom is -0.493 e. The predicted molar refractivity (Wildman–Crippen MR) is 79.6 cm³/mol. The van der Waals surface area contributed by atoms with E-state index in [1.807, 2.05) is 6.92 Å². The number of allylic oxidation sites excluding steroid dienone is 2. The zero-order chi connectivity index (χ0) is 16.8. The minimum absolute atomic E-state index is 0.0305. The van der Waals surface area contributed by atoms with E-state index in [2.05, 4.69) is 13.8 Å². The summed E-state index contributed by atoms with van der Waals surface area (Å²) in [7, 11) is 0. The molecule has 0 heterocycles. The summed E-state index contributed by atoms with van der Waals surface area (Å²) >= 11 is 0. The summed E-state index contributed by atoms with van der Waals surface area (Å²) in [5, 5.41) is 8.71. The fourth-order valence-electron chi connectivity index (χ4n) is 1.98. The number of hydrogen-bond acceptors (Lipinski definition) is 2. The molecule has 1 aromatic carbocycles. The largest absolute Gasteiger partial charge is 0.493 e. The number of nitrogens with zero attached hydrogens (tertiary/aromatic N) is 1. The second kappa shape index (κ2) is 7.88. The van der Waals surface area contributed by atoms with Gasteiger partial charge in [-0.3, -0.25) is 0 Å². The van der Waals surface area contributed by atoms with Gasteiger partial charge in [0.05, 0.1) is 23.8 Å². The first-order chi connectivity index (χ1) is 10.3. The molecule has 0 unspecified atom stereocenters. The molecule has 0 spiro atoms. The summed E-state index contributed by atoms with van der Waals surface area (Å²) in [5.74, 6) is -0.222. The Kier molecular flexibility index (Phi) is 6.48. The Morgan fingerprint density at radius 3 is 2.45 bits per heavy atom. The maximum atomic E-state index is 13.0. The Balaban J connectivity index is 2.73. The Labute approximate surface area is 129 Å². The summed E-state index contributed by atoms with van der Waals surface area (Å²) in [5.41, 5.74) is 1.62. The Morgan fingerprint density at radius 1 is 1.23 bits per heavy atom. The molecule has 5 heteroatoms. The van der Waals surface area contributed by atoms with Crippen LogP contribution in [0.15, 0.2) is 29.3 Å². The Morgan fingerprint density at radius 2 is 1.91 bits per heavy atom. The highest BCUT2D eigenvalue weighted by molar-refractivity contribution is 5.43. The highest BCUT2D eigenvalue weighted by Crippen LogP contribution is 2.36. The van der Waals surface area contributed by atoms with Crippen LogP contribution in [0.4, 0.5) is 13.2 Å². The second-order valence-electron chi connectivity index (χ2n) is 5.19. The molecular weight excluding hydrogens is 291 g/mol. The standard InChI is InChI=1S/C17H20F3NO/c1-4-12(2)13(3)6-5-9-22-16-8-7-14(11-21)10-15(16)17(18,19)20/h7-8,10H,4-6,9H2,1-3H3. The van der Waals surface area contributed by atoms with Gasteiger partial charge in [-0.1, -0.05) is 18.1 Å². The van der Waals surface area contributed by atoms with E-state index in [1.165, 1.54) is 23.3 Å². The molecule has 0 amide bonds. The number of nitriles is 1. The Bertz CT molecular complexity index is 583. The van der Waals surface area contributed by atoms with E-state index in [-0.39, 0.29) is 17.9 Å². The fraction of sp³-hybridized carbons (Fsp3) is 0.471. The first kappa shape index (κ1) is 18.1.